The molecule has 1 heterocycles. The highest BCUT2D eigenvalue weighted by molar-refractivity contribution is 6.31. The number of hydrogen-bond acceptors (Lipinski definition) is 5. The van der Waals surface area contributed by atoms with Crippen molar-refractivity contribution in [1.29, 1.82) is 0 Å². The lowest BCUT2D eigenvalue weighted by atomic mass is 9.98. The van der Waals surface area contributed by atoms with E-state index in [9.17, 15) is 14.7 Å². The van der Waals surface area contributed by atoms with Crippen LogP contribution in [0.2, 0.25) is 5.02 Å². The SMILES string of the molecule is CCC(C)(C)NC(=O)C(c1ccc(O)cc1)N(C(=O)Cn1nnc2ccccc21)c1cccc(Cl)c1. The number of phenolic OH excluding ortho intramolecular Hbond substituents is 1. The Balaban J connectivity index is 1.82. The highest BCUT2D eigenvalue weighted by Crippen LogP contribution is 2.32. The third-order valence-electron chi connectivity index (χ3n) is 6.12. The average Bonchev–Trinajstić information content (AvgIpc) is 3.25. The van der Waals surface area contributed by atoms with Crippen molar-refractivity contribution in [3.63, 3.8) is 0 Å². The average molecular weight is 506 g/mol. The molecule has 4 aromatic rings. The number of halogens is 1. The highest BCUT2D eigenvalue weighted by atomic mass is 35.5. The van der Waals surface area contributed by atoms with E-state index in [0.717, 1.165) is 0 Å². The summed E-state index contributed by atoms with van der Waals surface area (Å²) in [6.45, 7) is 5.68. The number of nitrogens with zero attached hydrogens (tertiary/aromatic N) is 4. The minimum atomic E-state index is -1.03. The van der Waals surface area contributed by atoms with Crippen molar-refractivity contribution < 1.29 is 14.7 Å². The van der Waals surface area contributed by atoms with Gasteiger partial charge in [-0.15, -0.1) is 5.10 Å². The third kappa shape index (κ3) is 5.49. The number of fused-ring (bicyclic) bond motifs is 1. The van der Waals surface area contributed by atoms with Crippen LogP contribution in [0.25, 0.3) is 11.0 Å². The van der Waals surface area contributed by atoms with Crippen molar-refractivity contribution in [2.75, 3.05) is 4.90 Å². The topological polar surface area (TPSA) is 100 Å². The van der Waals surface area contributed by atoms with E-state index in [2.05, 4.69) is 15.6 Å². The van der Waals surface area contributed by atoms with Crippen LogP contribution in [0, 0.1) is 0 Å². The zero-order valence-corrected chi connectivity index (χ0v) is 21.1. The summed E-state index contributed by atoms with van der Waals surface area (Å²) in [5.74, 6) is -0.679. The molecule has 0 radical (unpaired) electrons. The van der Waals surface area contributed by atoms with Crippen molar-refractivity contribution in [3.8, 4) is 5.75 Å². The van der Waals surface area contributed by atoms with Crippen LogP contribution in [0.4, 0.5) is 5.69 Å². The minimum absolute atomic E-state index is 0.0570. The number of carbonyl (C=O) groups excluding carboxylic acids is 2. The molecule has 0 spiro atoms. The summed E-state index contributed by atoms with van der Waals surface area (Å²) in [6, 6.07) is 19.4. The Hall–Kier alpha value is -3.91. The van der Waals surface area contributed by atoms with Gasteiger partial charge in [0.05, 0.1) is 5.52 Å². The van der Waals surface area contributed by atoms with Crippen LogP contribution >= 0.6 is 11.6 Å². The van der Waals surface area contributed by atoms with Gasteiger partial charge >= 0.3 is 0 Å². The summed E-state index contributed by atoms with van der Waals surface area (Å²) in [5, 5.41) is 21.6. The van der Waals surface area contributed by atoms with Crippen LogP contribution < -0.4 is 10.2 Å². The fraction of sp³-hybridized carbons (Fsp3) is 0.259. The molecule has 186 valence electrons. The number of hydrogen-bond donors (Lipinski definition) is 2. The number of anilines is 1. The van der Waals surface area contributed by atoms with E-state index in [1.165, 1.54) is 21.7 Å². The van der Waals surface area contributed by atoms with Gasteiger partial charge in [0, 0.05) is 16.2 Å². The van der Waals surface area contributed by atoms with E-state index in [-0.39, 0.29) is 24.1 Å². The quantitative estimate of drug-likeness (QED) is 0.356. The molecule has 0 aliphatic rings. The molecular formula is C27H28ClN5O3. The van der Waals surface area contributed by atoms with Crippen molar-refractivity contribution in [2.24, 2.45) is 0 Å². The molecule has 0 aliphatic heterocycles. The Morgan fingerprint density at radius 1 is 1.08 bits per heavy atom. The predicted molar refractivity (Wildman–Crippen MR) is 140 cm³/mol. The number of aromatic nitrogens is 3. The Morgan fingerprint density at radius 3 is 2.50 bits per heavy atom. The Labute approximate surface area is 214 Å². The second kappa shape index (κ2) is 10.4. The van der Waals surface area contributed by atoms with E-state index >= 15 is 0 Å². The second-order valence-electron chi connectivity index (χ2n) is 9.20. The number of phenols is 1. The van der Waals surface area contributed by atoms with Crippen LogP contribution in [0.5, 0.6) is 5.75 Å². The second-order valence-corrected chi connectivity index (χ2v) is 9.64. The van der Waals surface area contributed by atoms with Crippen molar-refractivity contribution in [2.45, 2.75) is 45.3 Å². The molecule has 0 fully saturated rings. The number of aromatic hydroxyl groups is 1. The molecule has 8 nitrogen and oxygen atoms in total. The van der Waals surface area contributed by atoms with Gasteiger partial charge in [-0.05, 0) is 68.3 Å². The van der Waals surface area contributed by atoms with Crippen molar-refractivity contribution in [1.82, 2.24) is 20.3 Å². The zero-order valence-electron chi connectivity index (χ0n) is 20.4. The van der Waals surface area contributed by atoms with Gasteiger partial charge in [0.1, 0.15) is 23.9 Å². The van der Waals surface area contributed by atoms with Gasteiger partial charge in [0.15, 0.2) is 0 Å². The molecule has 2 N–H and O–H groups in total. The summed E-state index contributed by atoms with van der Waals surface area (Å²) < 4.78 is 1.51. The molecule has 0 saturated heterocycles. The molecule has 1 unspecified atom stereocenters. The first kappa shape index (κ1) is 25.2. The minimum Gasteiger partial charge on any atom is -0.508 e. The van der Waals surface area contributed by atoms with Gasteiger partial charge in [-0.2, -0.15) is 0 Å². The molecule has 0 aliphatic carbocycles. The predicted octanol–water partition coefficient (Wildman–Crippen LogP) is 4.87. The number of benzene rings is 3. The van der Waals surface area contributed by atoms with Crippen LogP contribution in [0.3, 0.4) is 0 Å². The lowest BCUT2D eigenvalue weighted by Crippen LogP contribution is -2.51. The standard InChI is InChI=1S/C27H28ClN5O3/c1-4-27(2,3)29-26(36)25(18-12-14-21(34)15-13-18)33(20-9-7-8-19(28)16-20)24(35)17-32-23-11-6-5-10-22(23)30-31-32/h5-16,25,34H,4,17H2,1-3H3,(H,29,36). The molecular weight excluding hydrogens is 478 g/mol. The Bertz CT molecular complexity index is 1380. The molecule has 1 atom stereocenters. The normalized spacial score (nSPS) is 12.3. The van der Waals surface area contributed by atoms with Gasteiger partial charge in [-0.25, -0.2) is 4.68 Å². The highest BCUT2D eigenvalue weighted by Gasteiger charge is 2.35. The van der Waals surface area contributed by atoms with E-state index in [4.69, 9.17) is 11.6 Å². The number of amides is 2. The molecule has 2 amide bonds. The maximum atomic E-state index is 14.0. The van der Waals surface area contributed by atoms with Crippen LogP contribution in [-0.4, -0.2) is 37.5 Å². The first-order chi connectivity index (χ1) is 17.2. The fourth-order valence-corrected chi connectivity index (χ4v) is 4.05. The van der Waals surface area contributed by atoms with Crippen LogP contribution in [-0.2, 0) is 16.1 Å². The molecule has 36 heavy (non-hydrogen) atoms. The van der Waals surface area contributed by atoms with Crippen molar-refractivity contribution >= 4 is 40.1 Å². The fourth-order valence-electron chi connectivity index (χ4n) is 3.87. The van der Waals surface area contributed by atoms with Gasteiger partial charge < -0.3 is 10.4 Å². The molecule has 0 saturated carbocycles. The summed E-state index contributed by atoms with van der Waals surface area (Å²) in [4.78, 5) is 29.2. The van der Waals surface area contributed by atoms with E-state index < -0.39 is 11.6 Å². The van der Waals surface area contributed by atoms with Gasteiger partial charge in [0.2, 0.25) is 11.8 Å². The van der Waals surface area contributed by atoms with E-state index in [0.29, 0.717) is 33.7 Å². The van der Waals surface area contributed by atoms with E-state index in [1.54, 1.807) is 36.4 Å². The first-order valence-corrected chi connectivity index (χ1v) is 12.0. The Kier molecular flexibility index (Phi) is 7.26. The lowest BCUT2D eigenvalue weighted by molar-refractivity contribution is -0.128. The first-order valence-electron chi connectivity index (χ1n) is 11.7. The Morgan fingerprint density at radius 2 is 1.81 bits per heavy atom. The zero-order chi connectivity index (χ0) is 25.9. The van der Waals surface area contributed by atoms with E-state index in [1.807, 2.05) is 45.0 Å². The monoisotopic (exact) mass is 505 g/mol. The summed E-state index contributed by atoms with van der Waals surface area (Å²) in [6.07, 6.45) is 0.692. The molecule has 4 rings (SSSR count). The summed E-state index contributed by atoms with van der Waals surface area (Å²) >= 11 is 6.30. The van der Waals surface area contributed by atoms with Crippen LogP contribution in [0.15, 0.2) is 72.8 Å². The smallest absolute Gasteiger partial charge is 0.249 e. The number of nitrogens with one attached hydrogen (secondary N) is 1. The number of para-hydroxylation sites is 1. The van der Waals surface area contributed by atoms with Gasteiger partial charge in [-0.1, -0.05) is 54.1 Å². The number of carbonyl (C=O) groups is 2. The third-order valence-corrected chi connectivity index (χ3v) is 6.36. The molecule has 3 aromatic carbocycles. The molecule has 0 bridgehead atoms. The maximum Gasteiger partial charge on any atom is 0.249 e. The molecule has 1 aromatic heterocycles. The van der Waals surface area contributed by atoms with Crippen LogP contribution in [0.1, 0.15) is 38.8 Å². The van der Waals surface area contributed by atoms with Gasteiger partial charge in [0.25, 0.3) is 0 Å². The largest absolute Gasteiger partial charge is 0.508 e. The summed E-state index contributed by atoms with van der Waals surface area (Å²) in [7, 11) is 0. The summed E-state index contributed by atoms with van der Waals surface area (Å²) in [5.41, 5.74) is 1.86. The molecule has 9 heteroatoms. The van der Waals surface area contributed by atoms with Gasteiger partial charge in [-0.3, -0.25) is 14.5 Å². The lowest BCUT2D eigenvalue weighted by Gasteiger charge is -2.34. The van der Waals surface area contributed by atoms with Crippen molar-refractivity contribution in [3.05, 3.63) is 83.4 Å². The number of rotatable bonds is 8. The maximum absolute atomic E-state index is 14.0.